The molecule has 6 heteroatoms. The third-order valence-electron chi connectivity index (χ3n) is 3.12. The fourth-order valence-corrected chi connectivity index (χ4v) is 1.90. The van der Waals surface area contributed by atoms with Gasteiger partial charge in [-0.2, -0.15) is 0 Å². The molecule has 6 nitrogen and oxygen atoms in total. The Bertz CT molecular complexity index is 322. The van der Waals surface area contributed by atoms with Gasteiger partial charge in [0, 0.05) is 19.5 Å². The number of carbonyl (C=O) groups excluding carboxylic acids is 2. The molecule has 0 heterocycles. The van der Waals surface area contributed by atoms with Crippen LogP contribution in [0, 0.1) is 5.92 Å². The van der Waals surface area contributed by atoms with Crippen molar-refractivity contribution in [1.29, 1.82) is 0 Å². The number of alkyl carbamates (subject to hydrolysis) is 1. The number of hydrogen-bond acceptors (Lipinski definition) is 4. The molecule has 2 amide bonds. The zero-order valence-corrected chi connectivity index (χ0v) is 13.9. The van der Waals surface area contributed by atoms with Crippen molar-refractivity contribution in [2.45, 2.75) is 65.6 Å². The summed E-state index contributed by atoms with van der Waals surface area (Å²) in [6, 6.07) is 0. The second-order valence-corrected chi connectivity index (χ2v) is 6.13. The molecule has 124 valence electrons. The second-order valence-electron chi connectivity index (χ2n) is 6.13. The molecule has 0 fully saturated rings. The van der Waals surface area contributed by atoms with E-state index in [1.54, 1.807) is 20.8 Å². The van der Waals surface area contributed by atoms with Crippen LogP contribution in [0.15, 0.2) is 0 Å². The van der Waals surface area contributed by atoms with E-state index in [-0.39, 0.29) is 31.3 Å². The summed E-state index contributed by atoms with van der Waals surface area (Å²) in [4.78, 5) is 23.0. The van der Waals surface area contributed by atoms with Gasteiger partial charge in [0.2, 0.25) is 5.91 Å². The molecule has 0 aliphatic carbocycles. The molecule has 0 aromatic heterocycles. The highest BCUT2D eigenvalue weighted by atomic mass is 16.6. The van der Waals surface area contributed by atoms with Crippen molar-refractivity contribution in [3.63, 3.8) is 0 Å². The minimum absolute atomic E-state index is 0.162. The van der Waals surface area contributed by atoms with E-state index in [9.17, 15) is 14.7 Å². The van der Waals surface area contributed by atoms with E-state index in [4.69, 9.17) is 4.74 Å². The highest BCUT2D eigenvalue weighted by Crippen LogP contribution is 2.12. The molecule has 0 saturated heterocycles. The van der Waals surface area contributed by atoms with Crippen LogP contribution >= 0.6 is 0 Å². The fourth-order valence-electron chi connectivity index (χ4n) is 1.90. The van der Waals surface area contributed by atoms with Crippen molar-refractivity contribution in [1.82, 2.24) is 10.6 Å². The Hall–Kier alpha value is -1.30. The van der Waals surface area contributed by atoms with E-state index < -0.39 is 17.8 Å². The molecule has 3 N–H and O–H groups in total. The van der Waals surface area contributed by atoms with Crippen molar-refractivity contribution in [2.75, 3.05) is 13.1 Å². The average molecular weight is 302 g/mol. The molecule has 1 unspecified atom stereocenters. The molecule has 0 aliphatic rings. The maximum absolute atomic E-state index is 11.6. The van der Waals surface area contributed by atoms with E-state index >= 15 is 0 Å². The quantitative estimate of drug-likeness (QED) is 0.638. The number of hydrogen-bond donors (Lipinski definition) is 3. The zero-order chi connectivity index (χ0) is 16.5. The smallest absolute Gasteiger partial charge is 0.407 e. The van der Waals surface area contributed by atoms with Crippen molar-refractivity contribution in [2.24, 2.45) is 5.92 Å². The third-order valence-corrected chi connectivity index (χ3v) is 3.12. The topological polar surface area (TPSA) is 87.7 Å². The Morgan fingerprint density at radius 1 is 1.14 bits per heavy atom. The van der Waals surface area contributed by atoms with Gasteiger partial charge in [-0.3, -0.25) is 4.79 Å². The highest BCUT2D eigenvalue weighted by Gasteiger charge is 2.17. The summed E-state index contributed by atoms with van der Waals surface area (Å²) in [5.41, 5.74) is -0.550. The number of ether oxygens (including phenoxy) is 1. The van der Waals surface area contributed by atoms with E-state index in [2.05, 4.69) is 10.6 Å². The normalized spacial score (nSPS) is 12.9. The lowest BCUT2D eigenvalue weighted by atomic mass is 9.96. The van der Waals surface area contributed by atoms with Gasteiger partial charge in [0.1, 0.15) is 5.60 Å². The monoisotopic (exact) mass is 302 g/mol. The number of amides is 2. The first-order chi connectivity index (χ1) is 9.69. The minimum Gasteiger partial charge on any atom is -0.444 e. The lowest BCUT2D eigenvalue weighted by Crippen LogP contribution is -2.38. The van der Waals surface area contributed by atoms with E-state index in [1.807, 2.05) is 13.8 Å². The predicted molar refractivity (Wildman–Crippen MR) is 81.9 cm³/mol. The van der Waals surface area contributed by atoms with Gasteiger partial charge < -0.3 is 20.5 Å². The first-order valence-electron chi connectivity index (χ1n) is 7.61. The van der Waals surface area contributed by atoms with Crippen LogP contribution in [-0.2, 0) is 9.53 Å². The third kappa shape index (κ3) is 10.1. The molecular formula is C15H30N2O4. The number of aliphatic hydroxyl groups excluding tert-OH is 1. The maximum atomic E-state index is 11.6. The average Bonchev–Trinajstić information content (AvgIpc) is 2.35. The highest BCUT2D eigenvalue weighted by molar-refractivity contribution is 5.77. The lowest BCUT2D eigenvalue weighted by molar-refractivity contribution is -0.121. The Labute approximate surface area is 127 Å². The molecule has 21 heavy (non-hydrogen) atoms. The number of rotatable bonds is 8. The Balaban J connectivity index is 3.84. The van der Waals surface area contributed by atoms with Gasteiger partial charge in [-0.05, 0) is 26.7 Å². The van der Waals surface area contributed by atoms with Gasteiger partial charge in [0.15, 0.2) is 0 Å². The van der Waals surface area contributed by atoms with Crippen LogP contribution in [0.1, 0.15) is 53.9 Å². The standard InChI is InChI=1S/C15H30N2O4/c1-6-11(7-2)12(18)10-17-13(19)8-9-16-14(20)21-15(3,4)5/h11-12,18H,6-10H2,1-5H3,(H,16,20)(H,17,19). The van der Waals surface area contributed by atoms with Crippen LogP contribution in [0.5, 0.6) is 0 Å². The van der Waals surface area contributed by atoms with Gasteiger partial charge in [-0.25, -0.2) is 4.79 Å². The molecule has 0 saturated carbocycles. The van der Waals surface area contributed by atoms with Gasteiger partial charge >= 0.3 is 6.09 Å². The summed E-state index contributed by atoms with van der Waals surface area (Å²) >= 11 is 0. The first-order valence-corrected chi connectivity index (χ1v) is 7.61. The molecule has 0 aliphatic heterocycles. The van der Waals surface area contributed by atoms with Crippen molar-refractivity contribution in [3.8, 4) is 0 Å². The molecule has 0 rings (SSSR count). The predicted octanol–water partition coefficient (Wildman–Crippen LogP) is 1.81. The van der Waals surface area contributed by atoms with E-state index in [0.717, 1.165) is 12.8 Å². The summed E-state index contributed by atoms with van der Waals surface area (Å²) in [7, 11) is 0. The summed E-state index contributed by atoms with van der Waals surface area (Å²) < 4.78 is 5.06. The SMILES string of the molecule is CCC(CC)C(O)CNC(=O)CCNC(=O)OC(C)(C)C. The first kappa shape index (κ1) is 19.7. The van der Waals surface area contributed by atoms with Crippen LogP contribution in [0.4, 0.5) is 4.79 Å². The van der Waals surface area contributed by atoms with Crippen molar-refractivity contribution < 1.29 is 19.4 Å². The van der Waals surface area contributed by atoms with Crippen LogP contribution in [0.3, 0.4) is 0 Å². The van der Waals surface area contributed by atoms with Gasteiger partial charge in [0.05, 0.1) is 6.10 Å². The second kappa shape index (κ2) is 9.60. The summed E-state index contributed by atoms with van der Waals surface area (Å²) in [5.74, 6) is 0.00116. The molecule has 1 atom stereocenters. The zero-order valence-electron chi connectivity index (χ0n) is 13.9. The molecule has 0 aromatic carbocycles. The van der Waals surface area contributed by atoms with Gasteiger partial charge in [-0.1, -0.05) is 26.7 Å². The number of aliphatic hydroxyl groups is 1. The Morgan fingerprint density at radius 3 is 2.19 bits per heavy atom. The molecular weight excluding hydrogens is 272 g/mol. The summed E-state index contributed by atoms with van der Waals surface area (Å²) in [6.45, 7) is 9.82. The van der Waals surface area contributed by atoms with Gasteiger partial charge in [-0.15, -0.1) is 0 Å². The van der Waals surface area contributed by atoms with Crippen LogP contribution in [-0.4, -0.2) is 41.9 Å². The fraction of sp³-hybridized carbons (Fsp3) is 0.867. The molecule has 0 aromatic rings. The van der Waals surface area contributed by atoms with E-state index in [0.29, 0.717) is 0 Å². The van der Waals surface area contributed by atoms with Crippen molar-refractivity contribution >= 4 is 12.0 Å². The number of carbonyl (C=O) groups is 2. The van der Waals surface area contributed by atoms with Crippen LogP contribution < -0.4 is 10.6 Å². The Morgan fingerprint density at radius 2 is 1.71 bits per heavy atom. The van der Waals surface area contributed by atoms with Gasteiger partial charge in [0.25, 0.3) is 0 Å². The summed E-state index contributed by atoms with van der Waals surface area (Å²) in [5, 5.41) is 15.1. The van der Waals surface area contributed by atoms with Crippen molar-refractivity contribution in [3.05, 3.63) is 0 Å². The minimum atomic E-state index is -0.550. The molecule has 0 spiro atoms. The largest absolute Gasteiger partial charge is 0.444 e. The maximum Gasteiger partial charge on any atom is 0.407 e. The Kier molecular flexibility index (Phi) is 9.01. The number of nitrogens with one attached hydrogen (secondary N) is 2. The molecule has 0 radical (unpaired) electrons. The summed E-state index contributed by atoms with van der Waals surface area (Å²) in [6.07, 6.45) is 0.867. The van der Waals surface area contributed by atoms with Crippen LogP contribution in [0.25, 0.3) is 0 Å². The van der Waals surface area contributed by atoms with E-state index in [1.165, 1.54) is 0 Å². The lowest BCUT2D eigenvalue weighted by Gasteiger charge is -2.21. The van der Waals surface area contributed by atoms with Crippen LogP contribution in [0.2, 0.25) is 0 Å². The molecule has 0 bridgehead atoms.